The lowest BCUT2D eigenvalue weighted by atomic mass is 10.1. The molecule has 40 heavy (non-hydrogen) atoms. The quantitative estimate of drug-likeness (QED) is 0.260. The number of nitrogens with one attached hydrogen (secondary N) is 2. The Morgan fingerprint density at radius 3 is 2.67 bits per heavy atom. The van der Waals surface area contributed by atoms with Gasteiger partial charge in [-0.2, -0.15) is 5.10 Å². The van der Waals surface area contributed by atoms with Gasteiger partial charge in [-0.1, -0.05) is 18.2 Å². The first-order valence-electron chi connectivity index (χ1n) is 12.5. The Balaban J connectivity index is 1.51. The van der Waals surface area contributed by atoms with Gasteiger partial charge in [-0.05, 0) is 18.2 Å². The molecule has 0 fully saturated rings. The Morgan fingerprint density at radius 1 is 1.12 bits per heavy atom. The van der Waals surface area contributed by atoms with Crippen molar-refractivity contribution in [3.8, 4) is 11.5 Å². The largest absolute Gasteiger partial charge is 0.493 e. The van der Waals surface area contributed by atoms with Gasteiger partial charge in [-0.15, -0.1) is 0 Å². The summed E-state index contributed by atoms with van der Waals surface area (Å²) in [6.45, 7) is -0.199. The first-order valence-corrected chi connectivity index (χ1v) is 12.5. The number of ether oxygens (including phenoxy) is 3. The number of halogens is 2. The molecular formula is C28H28F2N6O4. The summed E-state index contributed by atoms with van der Waals surface area (Å²) in [6.07, 6.45) is 4.64. The summed E-state index contributed by atoms with van der Waals surface area (Å²) < 4.78 is 47.3. The molecule has 0 amide bonds. The number of nitrogens with zero attached hydrogens (tertiary/aromatic N) is 4. The van der Waals surface area contributed by atoms with Crippen molar-refractivity contribution in [2.75, 3.05) is 39.4 Å². The number of aliphatic imine (C=N–C) groups is 1. The summed E-state index contributed by atoms with van der Waals surface area (Å²) in [5.41, 5.74) is 2.47. The van der Waals surface area contributed by atoms with E-state index in [0.29, 0.717) is 35.1 Å². The van der Waals surface area contributed by atoms with Crippen molar-refractivity contribution in [3.63, 3.8) is 0 Å². The van der Waals surface area contributed by atoms with Crippen LogP contribution in [0.15, 0.2) is 71.6 Å². The minimum absolute atomic E-state index is 0.00130. The van der Waals surface area contributed by atoms with Crippen LogP contribution in [0, 0.1) is 11.6 Å². The van der Waals surface area contributed by atoms with Gasteiger partial charge in [-0.3, -0.25) is 9.67 Å². The smallest absolute Gasteiger partial charge is 0.160 e. The first-order chi connectivity index (χ1) is 19.5. The zero-order valence-corrected chi connectivity index (χ0v) is 21.9. The second-order valence-corrected chi connectivity index (χ2v) is 8.85. The van der Waals surface area contributed by atoms with E-state index in [-0.39, 0.29) is 31.1 Å². The fourth-order valence-electron chi connectivity index (χ4n) is 4.40. The van der Waals surface area contributed by atoms with Crippen molar-refractivity contribution in [1.82, 2.24) is 20.1 Å². The number of anilines is 1. The highest BCUT2D eigenvalue weighted by molar-refractivity contribution is 6.09. The van der Waals surface area contributed by atoms with Crippen LogP contribution in [-0.2, 0) is 11.3 Å². The molecule has 3 N–H and O–H groups in total. The van der Waals surface area contributed by atoms with Gasteiger partial charge in [-0.25, -0.2) is 13.8 Å². The molecule has 0 aliphatic carbocycles. The average molecular weight is 551 g/mol. The van der Waals surface area contributed by atoms with Crippen molar-refractivity contribution in [2.45, 2.75) is 12.7 Å². The van der Waals surface area contributed by atoms with Gasteiger partial charge in [0, 0.05) is 42.1 Å². The molecule has 1 aliphatic rings. The predicted molar refractivity (Wildman–Crippen MR) is 146 cm³/mol. The van der Waals surface area contributed by atoms with Crippen molar-refractivity contribution in [3.05, 3.63) is 89.5 Å². The Hall–Kier alpha value is -4.55. The van der Waals surface area contributed by atoms with Crippen LogP contribution in [0.3, 0.4) is 0 Å². The van der Waals surface area contributed by atoms with Gasteiger partial charge in [0.25, 0.3) is 0 Å². The number of aliphatic hydroxyl groups excluding tert-OH is 1. The molecule has 0 saturated carbocycles. The highest BCUT2D eigenvalue weighted by atomic mass is 19.1. The van der Waals surface area contributed by atoms with E-state index in [4.69, 9.17) is 29.4 Å². The van der Waals surface area contributed by atoms with Crippen LogP contribution in [0.25, 0.3) is 10.9 Å². The van der Waals surface area contributed by atoms with Crippen molar-refractivity contribution in [2.24, 2.45) is 4.99 Å². The number of pyridine rings is 1. The van der Waals surface area contributed by atoms with Crippen LogP contribution >= 0.6 is 0 Å². The summed E-state index contributed by atoms with van der Waals surface area (Å²) in [6, 6.07) is 11.4. The normalized spacial score (nSPS) is 14.9. The molecule has 0 bridgehead atoms. The third-order valence-corrected chi connectivity index (χ3v) is 6.18. The molecule has 0 radical (unpaired) electrons. The Labute approximate surface area is 228 Å². The molecule has 1 unspecified atom stereocenters. The molecule has 10 nitrogen and oxygen atoms in total. The molecule has 1 atom stereocenters. The van der Waals surface area contributed by atoms with Crippen LogP contribution in [0.4, 0.5) is 14.5 Å². The minimum atomic E-state index is -0.775. The van der Waals surface area contributed by atoms with Crippen LogP contribution in [0.5, 0.6) is 11.5 Å². The standard InChI is InChI=1S/C28H28F2N6O4/c1-38-16-17-11-26(33-23-7-8-31-14-25(23)39-2)34-28(32-17)27-19-5-3-4-6-24(19)36(35-27)15-20-21(29)12-18(13-22(20)30)40-10-9-37/h3-8,11-14,26,37H,9-10,15-16H2,1-2H3,(H,31,33)(H,32,34). The first kappa shape index (κ1) is 27.0. The lowest BCUT2D eigenvalue weighted by Gasteiger charge is -2.23. The van der Waals surface area contributed by atoms with Gasteiger partial charge >= 0.3 is 0 Å². The molecule has 5 rings (SSSR count). The SMILES string of the molecule is COCC1=CC(Nc2ccncc2OC)N=C(c2nn(Cc3c(F)cc(OCCO)cc3F)c3ccccc23)N1. The summed E-state index contributed by atoms with van der Waals surface area (Å²) in [5.74, 6) is -0.526. The molecule has 1 aliphatic heterocycles. The van der Waals surface area contributed by atoms with E-state index >= 15 is 0 Å². The van der Waals surface area contributed by atoms with E-state index < -0.39 is 17.8 Å². The summed E-state index contributed by atoms with van der Waals surface area (Å²) in [4.78, 5) is 8.91. The third kappa shape index (κ3) is 5.72. The lowest BCUT2D eigenvalue weighted by Crippen LogP contribution is -2.35. The number of para-hydroxylation sites is 1. The van der Waals surface area contributed by atoms with Crippen LogP contribution in [0.2, 0.25) is 0 Å². The summed E-state index contributed by atoms with van der Waals surface area (Å²) in [5, 5.41) is 21.0. The highest BCUT2D eigenvalue weighted by Gasteiger charge is 2.23. The van der Waals surface area contributed by atoms with E-state index in [2.05, 4.69) is 15.6 Å². The van der Waals surface area contributed by atoms with Crippen LogP contribution < -0.4 is 20.1 Å². The highest BCUT2D eigenvalue weighted by Crippen LogP contribution is 2.27. The number of aliphatic hydroxyl groups is 1. The maximum atomic E-state index is 14.9. The number of amidine groups is 1. The van der Waals surface area contributed by atoms with E-state index in [0.717, 1.165) is 23.2 Å². The van der Waals surface area contributed by atoms with Gasteiger partial charge in [0.1, 0.15) is 35.9 Å². The van der Waals surface area contributed by atoms with Crippen LogP contribution in [-0.4, -0.2) is 65.9 Å². The summed E-state index contributed by atoms with van der Waals surface area (Å²) >= 11 is 0. The number of aromatic nitrogens is 3. The maximum Gasteiger partial charge on any atom is 0.160 e. The van der Waals surface area contributed by atoms with Gasteiger partial charge < -0.3 is 30.0 Å². The topological polar surface area (TPSA) is 115 Å². The van der Waals surface area contributed by atoms with Crippen molar-refractivity contribution >= 4 is 22.4 Å². The van der Waals surface area contributed by atoms with E-state index in [1.807, 2.05) is 30.3 Å². The molecule has 208 valence electrons. The Bertz CT molecular complexity index is 1550. The predicted octanol–water partition coefficient (Wildman–Crippen LogP) is 3.46. The second kappa shape index (κ2) is 12.1. The fourth-order valence-corrected chi connectivity index (χ4v) is 4.40. The number of hydrogen-bond acceptors (Lipinski definition) is 9. The number of hydrogen-bond donors (Lipinski definition) is 3. The zero-order valence-electron chi connectivity index (χ0n) is 21.9. The van der Waals surface area contributed by atoms with E-state index in [9.17, 15) is 8.78 Å². The van der Waals surface area contributed by atoms with Gasteiger partial charge in [0.2, 0.25) is 0 Å². The van der Waals surface area contributed by atoms with E-state index in [1.54, 1.807) is 32.7 Å². The second-order valence-electron chi connectivity index (χ2n) is 8.85. The van der Waals surface area contributed by atoms with Crippen molar-refractivity contribution < 1.29 is 28.1 Å². The number of fused-ring (bicyclic) bond motifs is 1. The molecule has 0 saturated heterocycles. The maximum absolute atomic E-state index is 14.9. The molecule has 0 spiro atoms. The molecule has 2 aromatic heterocycles. The van der Waals surface area contributed by atoms with Gasteiger partial charge in [0.15, 0.2) is 11.6 Å². The van der Waals surface area contributed by atoms with E-state index in [1.165, 1.54) is 4.68 Å². The monoisotopic (exact) mass is 550 g/mol. The number of benzene rings is 2. The number of rotatable bonds is 11. The number of methoxy groups -OCH3 is 2. The molecule has 4 aromatic rings. The lowest BCUT2D eigenvalue weighted by molar-refractivity contribution is 0.200. The van der Waals surface area contributed by atoms with Crippen LogP contribution in [0.1, 0.15) is 11.3 Å². The van der Waals surface area contributed by atoms with Crippen molar-refractivity contribution in [1.29, 1.82) is 0 Å². The molecular weight excluding hydrogens is 522 g/mol. The Kier molecular flexibility index (Phi) is 8.18. The fraction of sp³-hybridized carbons (Fsp3) is 0.250. The molecule has 12 heteroatoms. The van der Waals surface area contributed by atoms with Gasteiger partial charge in [0.05, 0.1) is 44.3 Å². The summed E-state index contributed by atoms with van der Waals surface area (Å²) in [7, 11) is 3.15. The third-order valence-electron chi connectivity index (χ3n) is 6.18. The average Bonchev–Trinajstić information content (AvgIpc) is 3.33. The molecule has 2 aromatic carbocycles. The Morgan fingerprint density at radius 2 is 1.93 bits per heavy atom. The zero-order chi connectivity index (χ0) is 28.1. The minimum Gasteiger partial charge on any atom is -0.493 e. The molecule has 3 heterocycles.